The monoisotopic (exact) mass is 347 g/mol. The van der Waals surface area contributed by atoms with Crippen LogP contribution in [0.3, 0.4) is 0 Å². The normalized spacial score (nSPS) is 17.1. The van der Waals surface area contributed by atoms with Crippen molar-refractivity contribution in [3.05, 3.63) is 27.3 Å². The summed E-state index contributed by atoms with van der Waals surface area (Å²) >= 11 is 2.30. The number of benzene rings is 1. The smallest absolute Gasteiger partial charge is 0.132 e. The minimum Gasteiger partial charge on any atom is -0.492 e. The summed E-state index contributed by atoms with van der Waals surface area (Å²) in [5.41, 5.74) is 6.75. The predicted molar refractivity (Wildman–Crippen MR) is 76.1 cm³/mol. The highest BCUT2D eigenvalue weighted by Gasteiger charge is 2.14. The second-order valence-corrected chi connectivity index (χ2v) is 5.50. The summed E-state index contributed by atoms with van der Waals surface area (Å²) in [5, 5.41) is 0. The molecule has 2 N–H and O–H groups in total. The van der Waals surface area contributed by atoms with Crippen LogP contribution in [-0.2, 0) is 11.3 Å². The number of nitrogens with two attached hydrogens (primary N) is 1. The Morgan fingerprint density at radius 1 is 1.35 bits per heavy atom. The van der Waals surface area contributed by atoms with Gasteiger partial charge in [0.25, 0.3) is 0 Å². The molecule has 0 aromatic heterocycles. The van der Waals surface area contributed by atoms with Gasteiger partial charge in [-0.05, 0) is 59.0 Å². The molecule has 2 rings (SSSR count). The zero-order chi connectivity index (χ0) is 12.1. The first-order chi connectivity index (χ1) is 8.29. The SMILES string of the molecule is NCc1ccc(OCC2CCOCC2)c(I)c1. The molecular formula is C13H18INO2. The quantitative estimate of drug-likeness (QED) is 0.852. The molecule has 0 aliphatic carbocycles. The Balaban J connectivity index is 1.89. The van der Waals surface area contributed by atoms with Crippen molar-refractivity contribution in [1.29, 1.82) is 0 Å². The van der Waals surface area contributed by atoms with Crippen LogP contribution < -0.4 is 10.5 Å². The van der Waals surface area contributed by atoms with E-state index in [-0.39, 0.29) is 0 Å². The molecule has 0 radical (unpaired) electrons. The second kappa shape index (κ2) is 6.56. The van der Waals surface area contributed by atoms with Crippen LogP contribution in [0, 0.1) is 9.49 Å². The maximum atomic E-state index is 5.87. The van der Waals surface area contributed by atoms with Crippen LogP contribution >= 0.6 is 22.6 Å². The molecule has 0 bridgehead atoms. The summed E-state index contributed by atoms with van der Waals surface area (Å²) in [6.45, 7) is 3.12. The fourth-order valence-electron chi connectivity index (χ4n) is 1.91. The minimum absolute atomic E-state index is 0.580. The van der Waals surface area contributed by atoms with Crippen molar-refractivity contribution in [3.8, 4) is 5.75 Å². The van der Waals surface area contributed by atoms with Crippen molar-refractivity contribution in [2.24, 2.45) is 11.7 Å². The van der Waals surface area contributed by atoms with E-state index in [2.05, 4.69) is 28.7 Å². The van der Waals surface area contributed by atoms with E-state index in [1.807, 2.05) is 12.1 Å². The van der Waals surface area contributed by atoms with Gasteiger partial charge in [0.1, 0.15) is 5.75 Å². The van der Waals surface area contributed by atoms with Gasteiger partial charge >= 0.3 is 0 Å². The summed E-state index contributed by atoms with van der Waals surface area (Å²) in [4.78, 5) is 0. The summed E-state index contributed by atoms with van der Waals surface area (Å²) < 4.78 is 12.3. The van der Waals surface area contributed by atoms with Gasteiger partial charge in [0.15, 0.2) is 0 Å². The molecule has 1 aromatic carbocycles. The average Bonchev–Trinajstić information content (AvgIpc) is 2.38. The van der Waals surface area contributed by atoms with Crippen molar-refractivity contribution >= 4 is 22.6 Å². The van der Waals surface area contributed by atoms with Crippen molar-refractivity contribution in [2.75, 3.05) is 19.8 Å². The van der Waals surface area contributed by atoms with E-state index >= 15 is 0 Å². The first-order valence-electron chi connectivity index (χ1n) is 5.98. The Bertz CT molecular complexity index is 364. The van der Waals surface area contributed by atoms with Crippen LogP contribution in [0.1, 0.15) is 18.4 Å². The summed E-state index contributed by atoms with van der Waals surface area (Å²) in [7, 11) is 0. The van der Waals surface area contributed by atoms with Gasteiger partial charge in [0.2, 0.25) is 0 Å². The first-order valence-corrected chi connectivity index (χ1v) is 7.06. The number of halogens is 1. The van der Waals surface area contributed by atoms with Crippen LogP contribution in [0.4, 0.5) is 0 Å². The molecule has 1 fully saturated rings. The largest absolute Gasteiger partial charge is 0.492 e. The molecule has 0 atom stereocenters. The van der Waals surface area contributed by atoms with Gasteiger partial charge in [-0.3, -0.25) is 0 Å². The molecule has 0 spiro atoms. The van der Waals surface area contributed by atoms with Crippen LogP contribution in [0.2, 0.25) is 0 Å². The molecule has 1 aliphatic heterocycles. The van der Waals surface area contributed by atoms with E-state index in [1.54, 1.807) is 0 Å². The van der Waals surface area contributed by atoms with E-state index in [0.717, 1.165) is 47.5 Å². The highest BCUT2D eigenvalue weighted by molar-refractivity contribution is 14.1. The molecule has 0 unspecified atom stereocenters. The van der Waals surface area contributed by atoms with E-state index in [1.165, 1.54) is 0 Å². The van der Waals surface area contributed by atoms with Crippen LogP contribution in [0.15, 0.2) is 18.2 Å². The lowest BCUT2D eigenvalue weighted by atomic mass is 10.0. The van der Waals surface area contributed by atoms with E-state index < -0.39 is 0 Å². The molecule has 1 aromatic rings. The fraction of sp³-hybridized carbons (Fsp3) is 0.538. The molecule has 1 heterocycles. The van der Waals surface area contributed by atoms with E-state index in [0.29, 0.717) is 12.5 Å². The molecule has 0 amide bonds. The zero-order valence-electron chi connectivity index (χ0n) is 9.82. The summed E-state index contributed by atoms with van der Waals surface area (Å²) in [6, 6.07) is 6.13. The standard InChI is InChI=1S/C13H18INO2/c14-12-7-11(8-15)1-2-13(12)17-9-10-3-5-16-6-4-10/h1-2,7,10H,3-6,8-9,15H2. The van der Waals surface area contributed by atoms with Gasteiger partial charge in [-0.25, -0.2) is 0 Å². The molecular weight excluding hydrogens is 329 g/mol. The minimum atomic E-state index is 0.580. The van der Waals surface area contributed by atoms with Gasteiger partial charge in [-0.2, -0.15) is 0 Å². The Morgan fingerprint density at radius 2 is 2.12 bits per heavy atom. The molecule has 1 saturated heterocycles. The summed E-state index contributed by atoms with van der Waals surface area (Å²) in [5.74, 6) is 1.60. The van der Waals surface area contributed by atoms with Crippen LogP contribution in [0.5, 0.6) is 5.75 Å². The molecule has 94 valence electrons. The van der Waals surface area contributed by atoms with Gasteiger partial charge in [0.05, 0.1) is 10.2 Å². The summed E-state index contributed by atoms with van der Waals surface area (Å²) in [6.07, 6.45) is 2.22. The maximum absolute atomic E-state index is 5.87. The molecule has 1 aliphatic rings. The first kappa shape index (κ1) is 13.1. The maximum Gasteiger partial charge on any atom is 0.132 e. The number of hydrogen-bond acceptors (Lipinski definition) is 3. The second-order valence-electron chi connectivity index (χ2n) is 4.34. The van der Waals surface area contributed by atoms with Crippen molar-refractivity contribution in [1.82, 2.24) is 0 Å². The van der Waals surface area contributed by atoms with Gasteiger partial charge in [-0.15, -0.1) is 0 Å². The van der Waals surface area contributed by atoms with Crippen molar-refractivity contribution in [2.45, 2.75) is 19.4 Å². The third-order valence-corrected chi connectivity index (χ3v) is 3.89. The van der Waals surface area contributed by atoms with Gasteiger partial charge in [0, 0.05) is 19.8 Å². The lowest BCUT2D eigenvalue weighted by Gasteiger charge is -2.22. The molecule has 3 nitrogen and oxygen atoms in total. The van der Waals surface area contributed by atoms with Crippen molar-refractivity contribution in [3.63, 3.8) is 0 Å². The van der Waals surface area contributed by atoms with Gasteiger partial charge in [-0.1, -0.05) is 6.07 Å². The number of ether oxygens (including phenoxy) is 2. The average molecular weight is 347 g/mol. The molecule has 0 saturated carbocycles. The molecule has 4 heteroatoms. The highest BCUT2D eigenvalue weighted by Crippen LogP contribution is 2.24. The Morgan fingerprint density at radius 3 is 2.76 bits per heavy atom. The fourth-order valence-corrected chi connectivity index (χ4v) is 2.64. The van der Waals surface area contributed by atoms with Crippen LogP contribution in [0.25, 0.3) is 0 Å². The van der Waals surface area contributed by atoms with Crippen LogP contribution in [-0.4, -0.2) is 19.8 Å². The highest BCUT2D eigenvalue weighted by atomic mass is 127. The van der Waals surface area contributed by atoms with E-state index in [4.69, 9.17) is 15.2 Å². The van der Waals surface area contributed by atoms with Crippen molar-refractivity contribution < 1.29 is 9.47 Å². The number of hydrogen-bond donors (Lipinski definition) is 1. The Kier molecular flexibility index (Phi) is 5.06. The number of rotatable bonds is 4. The third-order valence-electron chi connectivity index (χ3n) is 3.05. The molecule has 17 heavy (non-hydrogen) atoms. The zero-order valence-corrected chi connectivity index (χ0v) is 12.0. The third kappa shape index (κ3) is 3.82. The lowest BCUT2D eigenvalue weighted by Crippen LogP contribution is -2.21. The Labute approximate surface area is 116 Å². The van der Waals surface area contributed by atoms with E-state index in [9.17, 15) is 0 Å². The Hall–Kier alpha value is -0.330. The topological polar surface area (TPSA) is 44.5 Å². The lowest BCUT2D eigenvalue weighted by molar-refractivity contribution is 0.0496. The van der Waals surface area contributed by atoms with Gasteiger partial charge < -0.3 is 15.2 Å². The predicted octanol–water partition coefficient (Wildman–Crippen LogP) is 2.56.